The van der Waals surface area contributed by atoms with Crippen molar-refractivity contribution in [2.45, 2.75) is 38.3 Å². The van der Waals surface area contributed by atoms with Gasteiger partial charge in [-0.15, -0.1) is 0 Å². The lowest BCUT2D eigenvalue weighted by atomic mass is 10.1. The summed E-state index contributed by atoms with van der Waals surface area (Å²) in [6.45, 7) is 3.58. The van der Waals surface area contributed by atoms with Crippen LogP contribution in [-0.4, -0.2) is 36.2 Å². The van der Waals surface area contributed by atoms with E-state index in [1.54, 1.807) is 21.0 Å². The molecule has 0 bridgehead atoms. The molecule has 14 heavy (non-hydrogen) atoms. The molecule has 0 aromatic carbocycles. The average molecular weight is 217 g/mol. The number of carbonyl (C=O) groups excluding carboxylic acids is 1. The van der Waals surface area contributed by atoms with E-state index in [0.717, 1.165) is 24.3 Å². The Morgan fingerprint density at radius 3 is 2.50 bits per heavy atom. The predicted octanol–water partition coefficient (Wildman–Crippen LogP) is 1.42. The molecule has 0 aromatic heterocycles. The van der Waals surface area contributed by atoms with E-state index in [1.165, 1.54) is 0 Å². The second kappa shape index (κ2) is 5.03. The SMILES string of the molecule is COC(C)(C)C(=O)NC1CCSCC1. The number of rotatable bonds is 3. The predicted molar refractivity (Wildman–Crippen MR) is 59.6 cm³/mol. The van der Waals surface area contributed by atoms with Crippen molar-refractivity contribution in [1.82, 2.24) is 5.32 Å². The molecule has 82 valence electrons. The molecule has 0 aromatic rings. The normalized spacial score (nSPS) is 19.4. The third-order valence-corrected chi connectivity index (χ3v) is 3.66. The molecule has 3 nitrogen and oxygen atoms in total. The van der Waals surface area contributed by atoms with Crippen LogP contribution in [0.25, 0.3) is 0 Å². The summed E-state index contributed by atoms with van der Waals surface area (Å²) in [5.41, 5.74) is -0.704. The summed E-state index contributed by atoms with van der Waals surface area (Å²) in [4.78, 5) is 11.7. The average Bonchev–Trinajstić information content (AvgIpc) is 2.19. The van der Waals surface area contributed by atoms with Gasteiger partial charge in [0.05, 0.1) is 0 Å². The maximum atomic E-state index is 11.7. The molecule has 0 unspecified atom stereocenters. The maximum Gasteiger partial charge on any atom is 0.251 e. The summed E-state index contributed by atoms with van der Waals surface area (Å²) in [6.07, 6.45) is 2.16. The molecule has 1 amide bonds. The van der Waals surface area contributed by atoms with Crippen LogP contribution in [0.3, 0.4) is 0 Å². The molecule has 1 aliphatic heterocycles. The van der Waals surface area contributed by atoms with Crippen LogP contribution in [0.15, 0.2) is 0 Å². The number of thioether (sulfide) groups is 1. The molecular weight excluding hydrogens is 198 g/mol. The Kier molecular flexibility index (Phi) is 4.26. The van der Waals surface area contributed by atoms with Gasteiger partial charge in [0.2, 0.25) is 0 Å². The second-order valence-electron chi connectivity index (χ2n) is 4.07. The van der Waals surface area contributed by atoms with Crippen LogP contribution in [-0.2, 0) is 9.53 Å². The lowest BCUT2D eigenvalue weighted by Gasteiger charge is -2.28. The van der Waals surface area contributed by atoms with Crippen LogP contribution >= 0.6 is 11.8 Å². The Bertz CT molecular complexity index is 200. The highest BCUT2D eigenvalue weighted by molar-refractivity contribution is 7.99. The molecule has 1 heterocycles. The molecule has 0 saturated carbocycles. The van der Waals surface area contributed by atoms with E-state index in [0.29, 0.717) is 6.04 Å². The van der Waals surface area contributed by atoms with Crippen molar-refractivity contribution in [1.29, 1.82) is 0 Å². The minimum Gasteiger partial charge on any atom is -0.369 e. The smallest absolute Gasteiger partial charge is 0.251 e. The maximum absolute atomic E-state index is 11.7. The van der Waals surface area contributed by atoms with E-state index in [2.05, 4.69) is 5.32 Å². The lowest BCUT2D eigenvalue weighted by molar-refractivity contribution is -0.140. The molecule has 0 aliphatic carbocycles. The lowest BCUT2D eigenvalue weighted by Crippen LogP contribution is -2.48. The fraction of sp³-hybridized carbons (Fsp3) is 0.900. The van der Waals surface area contributed by atoms with Crippen LogP contribution in [0.4, 0.5) is 0 Å². The largest absolute Gasteiger partial charge is 0.369 e. The molecule has 1 rings (SSSR count). The van der Waals surface area contributed by atoms with Gasteiger partial charge in [-0.1, -0.05) is 0 Å². The van der Waals surface area contributed by atoms with Crippen LogP contribution in [0.2, 0.25) is 0 Å². The van der Waals surface area contributed by atoms with Gasteiger partial charge in [0.15, 0.2) is 0 Å². The first-order valence-corrected chi connectivity index (χ1v) is 6.15. The molecule has 0 atom stereocenters. The first-order valence-electron chi connectivity index (χ1n) is 5.00. The highest BCUT2D eigenvalue weighted by Crippen LogP contribution is 2.18. The third kappa shape index (κ3) is 3.17. The highest BCUT2D eigenvalue weighted by atomic mass is 32.2. The van der Waals surface area contributed by atoms with Gasteiger partial charge in [-0.3, -0.25) is 4.79 Å². The van der Waals surface area contributed by atoms with Crippen molar-refractivity contribution in [3.05, 3.63) is 0 Å². The highest BCUT2D eigenvalue weighted by Gasteiger charge is 2.29. The van der Waals surface area contributed by atoms with Crippen molar-refractivity contribution in [2.75, 3.05) is 18.6 Å². The van der Waals surface area contributed by atoms with Crippen molar-refractivity contribution in [3.63, 3.8) is 0 Å². The summed E-state index contributed by atoms with van der Waals surface area (Å²) >= 11 is 1.96. The Morgan fingerprint density at radius 2 is 2.00 bits per heavy atom. The fourth-order valence-electron chi connectivity index (χ4n) is 1.29. The molecule has 1 fully saturated rings. The van der Waals surface area contributed by atoms with Gasteiger partial charge in [0, 0.05) is 13.2 Å². The van der Waals surface area contributed by atoms with Crippen LogP contribution in [0.1, 0.15) is 26.7 Å². The number of amides is 1. The van der Waals surface area contributed by atoms with E-state index in [-0.39, 0.29) is 5.91 Å². The number of hydrogen-bond donors (Lipinski definition) is 1. The summed E-state index contributed by atoms with van der Waals surface area (Å²) in [5, 5.41) is 3.03. The Balaban J connectivity index is 2.39. The van der Waals surface area contributed by atoms with Gasteiger partial charge in [-0.25, -0.2) is 0 Å². The van der Waals surface area contributed by atoms with Crippen LogP contribution in [0, 0.1) is 0 Å². The van der Waals surface area contributed by atoms with E-state index in [4.69, 9.17) is 4.74 Å². The van der Waals surface area contributed by atoms with Gasteiger partial charge in [0.1, 0.15) is 5.60 Å². The monoisotopic (exact) mass is 217 g/mol. The quantitative estimate of drug-likeness (QED) is 0.777. The number of hydrogen-bond acceptors (Lipinski definition) is 3. The molecule has 1 aliphatic rings. The third-order valence-electron chi connectivity index (χ3n) is 2.61. The van der Waals surface area contributed by atoms with Crippen LogP contribution < -0.4 is 5.32 Å². The number of ether oxygens (including phenoxy) is 1. The Hall–Kier alpha value is -0.220. The fourth-order valence-corrected chi connectivity index (χ4v) is 2.40. The number of nitrogens with one attached hydrogen (secondary N) is 1. The zero-order chi connectivity index (χ0) is 10.6. The van der Waals surface area contributed by atoms with Crippen molar-refractivity contribution >= 4 is 17.7 Å². The molecule has 0 radical (unpaired) electrons. The van der Waals surface area contributed by atoms with Gasteiger partial charge in [0.25, 0.3) is 5.91 Å². The van der Waals surface area contributed by atoms with Gasteiger partial charge >= 0.3 is 0 Å². The zero-order valence-corrected chi connectivity index (χ0v) is 9.95. The summed E-state index contributed by atoms with van der Waals surface area (Å²) in [5.74, 6) is 2.30. The summed E-state index contributed by atoms with van der Waals surface area (Å²) < 4.78 is 5.12. The van der Waals surface area contributed by atoms with Gasteiger partial charge in [-0.2, -0.15) is 11.8 Å². The minimum atomic E-state index is -0.704. The molecule has 1 saturated heterocycles. The zero-order valence-electron chi connectivity index (χ0n) is 9.13. The van der Waals surface area contributed by atoms with E-state index in [1.807, 2.05) is 11.8 Å². The molecular formula is C10H19NO2S. The first-order chi connectivity index (χ1) is 6.56. The van der Waals surface area contributed by atoms with E-state index >= 15 is 0 Å². The molecule has 4 heteroatoms. The van der Waals surface area contributed by atoms with Crippen molar-refractivity contribution in [2.24, 2.45) is 0 Å². The van der Waals surface area contributed by atoms with E-state index < -0.39 is 5.60 Å². The molecule has 0 spiro atoms. The number of carbonyl (C=O) groups is 1. The van der Waals surface area contributed by atoms with Crippen LogP contribution in [0.5, 0.6) is 0 Å². The van der Waals surface area contributed by atoms with Crippen molar-refractivity contribution < 1.29 is 9.53 Å². The summed E-state index contributed by atoms with van der Waals surface area (Å²) in [7, 11) is 1.57. The van der Waals surface area contributed by atoms with Crippen molar-refractivity contribution in [3.8, 4) is 0 Å². The Morgan fingerprint density at radius 1 is 1.43 bits per heavy atom. The standard InChI is InChI=1S/C10H19NO2S/c1-10(2,13-3)9(12)11-8-4-6-14-7-5-8/h8H,4-7H2,1-3H3,(H,11,12). The second-order valence-corrected chi connectivity index (χ2v) is 5.30. The minimum absolute atomic E-state index is 0.00287. The van der Waals surface area contributed by atoms with E-state index in [9.17, 15) is 4.79 Å². The van der Waals surface area contributed by atoms with Gasteiger partial charge in [-0.05, 0) is 38.2 Å². The molecule has 1 N–H and O–H groups in total. The topological polar surface area (TPSA) is 38.3 Å². The van der Waals surface area contributed by atoms with Gasteiger partial charge < -0.3 is 10.1 Å². The summed E-state index contributed by atoms with van der Waals surface area (Å²) in [6, 6.07) is 0.346. The number of methoxy groups -OCH3 is 1. The Labute approximate surface area is 90.0 Å². The first kappa shape index (κ1) is 11.9.